The highest BCUT2D eigenvalue weighted by Crippen LogP contribution is 2.11. The van der Waals surface area contributed by atoms with E-state index in [1.54, 1.807) is 0 Å². The highest BCUT2D eigenvalue weighted by atomic mass is 15.5. The minimum atomic E-state index is 1.10. The Morgan fingerprint density at radius 3 is 2.15 bits per heavy atom. The molecule has 70 valence electrons. The van der Waals surface area contributed by atoms with Crippen molar-refractivity contribution in [2.75, 3.05) is 0 Å². The van der Waals surface area contributed by atoms with Crippen molar-refractivity contribution in [3.8, 4) is 0 Å². The maximum atomic E-state index is 4.47. The summed E-state index contributed by atoms with van der Waals surface area (Å²) in [7, 11) is 0. The van der Waals surface area contributed by atoms with Crippen LogP contribution in [-0.4, -0.2) is 4.52 Å². The van der Waals surface area contributed by atoms with Gasteiger partial charge in [0.15, 0.2) is 0 Å². The average Bonchev–Trinajstić information content (AvgIpc) is 2.48. The molecule has 0 spiro atoms. The lowest BCUT2D eigenvalue weighted by molar-refractivity contribution is -0.684. The molecule has 0 aliphatic rings. The number of hydrogen-bond acceptors (Lipinski definition) is 0. The smallest absolute Gasteiger partial charge is 0.202 e. The Labute approximate surface area is 78.0 Å². The van der Waals surface area contributed by atoms with E-state index in [-0.39, 0.29) is 0 Å². The topological polar surface area (TPSA) is 22.6 Å². The number of aryl methyl sites for hydroxylation is 4. The zero-order valence-corrected chi connectivity index (χ0v) is 8.84. The Kier molecular flexibility index (Phi) is 1.53. The molecule has 2 heterocycles. The van der Waals surface area contributed by atoms with Crippen molar-refractivity contribution < 1.29 is 4.63 Å². The van der Waals surface area contributed by atoms with E-state index in [0.29, 0.717) is 0 Å². The maximum Gasteiger partial charge on any atom is 0.202 e. The number of aromatic nitrogens is 3. The van der Waals surface area contributed by atoms with Crippen LogP contribution in [0.15, 0.2) is 0 Å². The summed E-state index contributed by atoms with van der Waals surface area (Å²) in [6.45, 7) is 10.5. The molecule has 0 aliphatic carbocycles. The minimum Gasteiger partial charge on any atom is -0.226 e. The third kappa shape index (κ3) is 0.870. The van der Waals surface area contributed by atoms with E-state index >= 15 is 0 Å². The third-order valence-electron chi connectivity index (χ3n) is 2.98. The van der Waals surface area contributed by atoms with E-state index in [1.807, 2.05) is 11.6 Å². The van der Waals surface area contributed by atoms with Crippen LogP contribution in [-0.2, 0) is 0 Å². The van der Waals surface area contributed by atoms with Crippen LogP contribution >= 0.6 is 0 Å². The molecule has 0 fully saturated rings. The van der Waals surface area contributed by atoms with Gasteiger partial charge < -0.3 is 0 Å². The van der Waals surface area contributed by atoms with Crippen LogP contribution in [0.4, 0.5) is 0 Å². The van der Waals surface area contributed by atoms with Gasteiger partial charge in [-0.3, -0.25) is 0 Å². The number of hydrogen-bond donors (Lipinski definition) is 0. The summed E-state index contributed by atoms with van der Waals surface area (Å²) in [5.74, 6) is 0. The van der Waals surface area contributed by atoms with Crippen molar-refractivity contribution in [1.82, 2.24) is 9.61 Å². The lowest BCUT2D eigenvalue weighted by Gasteiger charge is -1.96. The van der Waals surface area contributed by atoms with Crippen molar-refractivity contribution in [3.05, 3.63) is 28.3 Å². The predicted octanol–water partition coefficient (Wildman–Crippen LogP) is 1.02. The van der Waals surface area contributed by atoms with E-state index in [4.69, 9.17) is 0 Å². The highest BCUT2D eigenvalue weighted by Gasteiger charge is 2.14. The summed E-state index contributed by atoms with van der Waals surface area (Å²) >= 11 is 0. The minimum absolute atomic E-state index is 1.10. The van der Waals surface area contributed by atoms with Crippen LogP contribution in [0.1, 0.15) is 28.3 Å². The molecular formula is C10H15N3. The molecule has 0 radical (unpaired) electrons. The van der Waals surface area contributed by atoms with Crippen LogP contribution in [0.2, 0.25) is 0 Å². The van der Waals surface area contributed by atoms with Gasteiger partial charge in [0.2, 0.25) is 5.69 Å². The first-order valence-electron chi connectivity index (χ1n) is 4.54. The first kappa shape index (κ1) is 8.35. The summed E-state index contributed by atoms with van der Waals surface area (Å²) in [4.78, 5) is 0. The average molecular weight is 177 g/mol. The Morgan fingerprint density at radius 1 is 1.00 bits per heavy atom. The van der Waals surface area contributed by atoms with Crippen molar-refractivity contribution in [2.45, 2.75) is 34.6 Å². The first-order chi connectivity index (χ1) is 6.04. The Morgan fingerprint density at radius 2 is 1.62 bits per heavy atom. The molecule has 2 aromatic heterocycles. The van der Waals surface area contributed by atoms with Gasteiger partial charge in [-0.25, -0.2) is 4.52 Å². The lowest BCUT2D eigenvalue weighted by Crippen LogP contribution is -2.33. The van der Waals surface area contributed by atoms with Crippen LogP contribution in [0, 0.1) is 34.6 Å². The van der Waals surface area contributed by atoms with Crippen LogP contribution < -0.4 is 9.73 Å². The molecule has 13 heavy (non-hydrogen) atoms. The quantitative estimate of drug-likeness (QED) is 0.551. The fourth-order valence-corrected chi connectivity index (χ4v) is 1.74. The molecule has 3 nitrogen and oxygen atoms in total. The number of nitrogens with zero attached hydrogens (tertiary/aromatic N) is 3. The fraction of sp³-hybridized carbons (Fsp3) is 0.500. The highest BCUT2D eigenvalue weighted by molar-refractivity contribution is 5.21. The second-order valence-electron chi connectivity index (χ2n) is 3.67. The Hall–Kier alpha value is -1.25. The van der Waals surface area contributed by atoms with E-state index in [1.165, 1.54) is 22.6 Å². The largest absolute Gasteiger partial charge is 0.226 e. The van der Waals surface area contributed by atoms with Crippen molar-refractivity contribution in [1.29, 1.82) is 0 Å². The molecule has 0 unspecified atom stereocenters. The molecule has 3 heteroatoms. The Bertz CT molecular complexity index is 474. The van der Waals surface area contributed by atoms with E-state index in [9.17, 15) is 0 Å². The molecule has 0 aromatic carbocycles. The van der Waals surface area contributed by atoms with Gasteiger partial charge in [0.25, 0.3) is 0 Å². The summed E-state index contributed by atoms with van der Waals surface area (Å²) in [6.07, 6.45) is 0. The molecule has 0 atom stereocenters. The second kappa shape index (κ2) is 2.37. The predicted molar refractivity (Wildman–Crippen MR) is 50.1 cm³/mol. The molecule has 0 saturated heterocycles. The zero-order valence-electron chi connectivity index (χ0n) is 8.84. The van der Waals surface area contributed by atoms with Gasteiger partial charge in [0, 0.05) is 18.2 Å². The molecule has 0 aliphatic heterocycles. The van der Waals surface area contributed by atoms with Crippen LogP contribution in [0.5, 0.6) is 0 Å². The van der Waals surface area contributed by atoms with E-state index < -0.39 is 0 Å². The van der Waals surface area contributed by atoms with Gasteiger partial charge in [0.1, 0.15) is 0 Å². The normalized spacial score (nSPS) is 11.5. The first-order valence-corrected chi connectivity index (χ1v) is 4.54. The molecular weight excluding hydrogens is 162 g/mol. The zero-order chi connectivity index (χ0) is 9.75. The third-order valence-corrected chi connectivity index (χ3v) is 2.98. The number of fused-ring (bicyclic) bond motifs is 1. The van der Waals surface area contributed by atoms with Crippen molar-refractivity contribution in [3.63, 3.8) is 0 Å². The monoisotopic (exact) mass is 177 g/mol. The van der Waals surface area contributed by atoms with Gasteiger partial charge in [-0.1, -0.05) is 0 Å². The molecule has 0 bridgehead atoms. The maximum absolute atomic E-state index is 4.47. The van der Waals surface area contributed by atoms with Gasteiger partial charge in [-0.05, 0) is 39.1 Å². The number of rotatable bonds is 0. The molecule has 0 saturated carbocycles. The van der Waals surface area contributed by atoms with Crippen molar-refractivity contribution >= 4 is 0 Å². The summed E-state index contributed by atoms with van der Waals surface area (Å²) in [5.41, 5.74) is 6.18. The summed E-state index contributed by atoms with van der Waals surface area (Å²) in [6, 6.07) is 0. The van der Waals surface area contributed by atoms with Crippen LogP contribution in [0.3, 0.4) is 0 Å². The molecule has 0 amide bonds. The standard InChI is InChI=1S/C10H15N3/c1-6-8(3)12-10(5)7(2)11-13(12)9(6)4/h1-5H3. The molecule has 0 N–H and O–H groups in total. The molecule has 2 aromatic rings. The van der Waals surface area contributed by atoms with E-state index in [2.05, 4.69) is 37.3 Å². The van der Waals surface area contributed by atoms with Gasteiger partial charge in [0.05, 0.1) is 0 Å². The van der Waals surface area contributed by atoms with E-state index in [0.717, 1.165) is 5.69 Å². The summed E-state index contributed by atoms with van der Waals surface area (Å²) < 4.78 is 4.15. The van der Waals surface area contributed by atoms with Gasteiger partial charge >= 0.3 is 0 Å². The van der Waals surface area contributed by atoms with Gasteiger partial charge in [-0.15, -0.1) is 4.63 Å². The van der Waals surface area contributed by atoms with Crippen LogP contribution in [0.25, 0.3) is 0 Å². The summed E-state index contributed by atoms with van der Waals surface area (Å²) in [5, 5.41) is 4.47. The molecule has 2 rings (SSSR count). The Balaban J connectivity index is 3.01. The van der Waals surface area contributed by atoms with Crippen molar-refractivity contribution in [2.24, 2.45) is 0 Å². The second-order valence-corrected chi connectivity index (χ2v) is 3.67. The fourth-order valence-electron chi connectivity index (χ4n) is 1.74. The van der Waals surface area contributed by atoms with Gasteiger partial charge in [-0.2, -0.15) is 5.10 Å². The SMILES string of the molecule is Cc1[n-][n+]2c(C)c(C)c(C)n2c1C. The lowest BCUT2D eigenvalue weighted by atomic mass is 10.2.